The molecule has 0 saturated heterocycles. The third-order valence-electron chi connectivity index (χ3n) is 2.50. The minimum Gasteiger partial charge on any atom is -0.409 e. The van der Waals surface area contributed by atoms with Crippen LogP contribution in [0.2, 0.25) is 0 Å². The summed E-state index contributed by atoms with van der Waals surface area (Å²) >= 11 is 0. The van der Waals surface area contributed by atoms with E-state index in [0.717, 1.165) is 25.9 Å². The van der Waals surface area contributed by atoms with Crippen LogP contribution in [0.1, 0.15) is 46.5 Å². The minimum atomic E-state index is 0.335. The van der Waals surface area contributed by atoms with Gasteiger partial charge in [-0.05, 0) is 46.2 Å². The third-order valence-corrected chi connectivity index (χ3v) is 2.50. The number of oxime groups is 1. The van der Waals surface area contributed by atoms with Crippen molar-refractivity contribution in [3.63, 3.8) is 0 Å². The number of hydrogen-bond acceptors (Lipinski definition) is 3. The molecule has 0 radical (unpaired) electrons. The van der Waals surface area contributed by atoms with Crippen molar-refractivity contribution in [3.8, 4) is 0 Å². The van der Waals surface area contributed by atoms with Gasteiger partial charge in [-0.15, -0.1) is 0 Å². The lowest BCUT2D eigenvalue weighted by molar-refractivity contribution is 0.218. The number of nitrogens with zero attached hydrogens (tertiary/aromatic N) is 2. The van der Waals surface area contributed by atoms with Crippen LogP contribution in [0.25, 0.3) is 0 Å². The molecule has 0 amide bonds. The van der Waals surface area contributed by atoms with Crippen molar-refractivity contribution in [2.75, 3.05) is 13.1 Å². The highest BCUT2D eigenvalue weighted by Gasteiger charge is 2.07. The van der Waals surface area contributed by atoms with E-state index in [2.05, 4.69) is 30.8 Å². The summed E-state index contributed by atoms with van der Waals surface area (Å²) in [4.78, 5) is 2.46. The molecular weight excluding hydrogens is 190 g/mol. The summed E-state index contributed by atoms with van der Waals surface area (Å²) in [6.07, 6.45) is 3.98. The van der Waals surface area contributed by atoms with Crippen LogP contribution >= 0.6 is 0 Å². The topological polar surface area (TPSA) is 61.8 Å². The van der Waals surface area contributed by atoms with Gasteiger partial charge in [0.15, 0.2) is 0 Å². The summed E-state index contributed by atoms with van der Waals surface area (Å²) in [5.74, 6) is 0.335. The average molecular weight is 215 g/mol. The molecule has 0 aliphatic carbocycles. The lowest BCUT2D eigenvalue weighted by Crippen LogP contribution is -2.32. The van der Waals surface area contributed by atoms with Gasteiger partial charge in [-0.2, -0.15) is 0 Å². The molecule has 0 aromatic carbocycles. The number of unbranched alkanes of at least 4 members (excludes halogenated alkanes) is 1. The largest absolute Gasteiger partial charge is 0.409 e. The molecule has 0 unspecified atom stereocenters. The summed E-state index contributed by atoms with van der Waals surface area (Å²) in [5, 5.41) is 11.3. The molecule has 0 saturated carbocycles. The lowest BCUT2D eigenvalue weighted by Gasteiger charge is -2.25. The molecule has 3 N–H and O–H groups in total. The van der Waals surface area contributed by atoms with E-state index in [4.69, 9.17) is 10.9 Å². The van der Waals surface area contributed by atoms with E-state index in [9.17, 15) is 0 Å². The van der Waals surface area contributed by atoms with Crippen molar-refractivity contribution in [3.05, 3.63) is 0 Å². The van der Waals surface area contributed by atoms with E-state index in [-0.39, 0.29) is 0 Å². The maximum absolute atomic E-state index is 8.37. The fourth-order valence-corrected chi connectivity index (χ4v) is 1.59. The van der Waals surface area contributed by atoms with Gasteiger partial charge in [0.2, 0.25) is 0 Å². The minimum absolute atomic E-state index is 0.335. The van der Waals surface area contributed by atoms with E-state index in [1.165, 1.54) is 6.42 Å². The second-order valence-corrected chi connectivity index (χ2v) is 4.18. The van der Waals surface area contributed by atoms with Crippen LogP contribution in [0.15, 0.2) is 5.16 Å². The Balaban J connectivity index is 3.62. The standard InChI is InChI=1S/C11H25N3O/c1-4-8-14(10(2)3)9-6-5-7-11(12)13-15/h10,15H,4-9H2,1-3H3,(H2,12,13). The highest BCUT2D eigenvalue weighted by molar-refractivity contribution is 5.79. The van der Waals surface area contributed by atoms with Crippen LogP contribution in [-0.4, -0.2) is 35.1 Å². The van der Waals surface area contributed by atoms with Gasteiger partial charge in [0.1, 0.15) is 5.84 Å². The highest BCUT2D eigenvalue weighted by Crippen LogP contribution is 2.04. The number of amidine groups is 1. The molecule has 0 aliphatic heterocycles. The summed E-state index contributed by atoms with van der Waals surface area (Å²) < 4.78 is 0. The van der Waals surface area contributed by atoms with E-state index >= 15 is 0 Å². The van der Waals surface area contributed by atoms with Crippen molar-refractivity contribution in [2.24, 2.45) is 10.9 Å². The molecule has 4 heteroatoms. The van der Waals surface area contributed by atoms with Gasteiger partial charge < -0.3 is 15.8 Å². The SMILES string of the molecule is CCCN(CCCC/C(N)=N/O)C(C)C. The van der Waals surface area contributed by atoms with Gasteiger partial charge in [-0.1, -0.05) is 12.1 Å². The van der Waals surface area contributed by atoms with Crippen LogP contribution < -0.4 is 5.73 Å². The first-order chi connectivity index (χ1) is 7.11. The molecule has 0 fully saturated rings. The van der Waals surface area contributed by atoms with Crippen LogP contribution in [0, 0.1) is 0 Å². The molecule has 0 aromatic heterocycles. The molecule has 0 aromatic rings. The second-order valence-electron chi connectivity index (χ2n) is 4.18. The van der Waals surface area contributed by atoms with E-state index in [1.54, 1.807) is 0 Å². The molecule has 0 spiro atoms. The second kappa shape index (κ2) is 8.53. The third kappa shape index (κ3) is 7.19. The van der Waals surface area contributed by atoms with Crippen LogP contribution in [0.4, 0.5) is 0 Å². The lowest BCUT2D eigenvalue weighted by atomic mass is 10.2. The Labute approximate surface area is 93.1 Å². The zero-order valence-electron chi connectivity index (χ0n) is 10.2. The molecule has 0 rings (SSSR count). The summed E-state index contributed by atoms with van der Waals surface area (Å²) in [7, 11) is 0. The first-order valence-corrected chi connectivity index (χ1v) is 5.82. The normalized spacial score (nSPS) is 12.7. The van der Waals surface area contributed by atoms with E-state index in [1.807, 2.05) is 0 Å². The Kier molecular flexibility index (Phi) is 8.09. The predicted molar refractivity (Wildman–Crippen MR) is 64.3 cm³/mol. The fraction of sp³-hybridized carbons (Fsp3) is 0.909. The predicted octanol–water partition coefficient (Wildman–Crippen LogP) is 2.02. The van der Waals surface area contributed by atoms with Crippen molar-refractivity contribution >= 4 is 5.84 Å². The summed E-state index contributed by atoms with van der Waals surface area (Å²) in [6.45, 7) is 8.90. The van der Waals surface area contributed by atoms with Gasteiger partial charge in [0.25, 0.3) is 0 Å². The molecule has 0 bridgehead atoms. The first kappa shape index (κ1) is 14.2. The Hall–Kier alpha value is -0.770. The molecule has 90 valence electrons. The van der Waals surface area contributed by atoms with Gasteiger partial charge in [-0.3, -0.25) is 0 Å². The van der Waals surface area contributed by atoms with Crippen LogP contribution in [-0.2, 0) is 0 Å². The molecular formula is C11H25N3O. The van der Waals surface area contributed by atoms with Gasteiger partial charge >= 0.3 is 0 Å². The molecule has 0 aliphatic rings. The highest BCUT2D eigenvalue weighted by atomic mass is 16.4. The van der Waals surface area contributed by atoms with Crippen LogP contribution in [0.3, 0.4) is 0 Å². The van der Waals surface area contributed by atoms with E-state index in [0.29, 0.717) is 18.3 Å². The number of rotatable bonds is 8. The molecule has 4 nitrogen and oxygen atoms in total. The van der Waals surface area contributed by atoms with Crippen LogP contribution in [0.5, 0.6) is 0 Å². The monoisotopic (exact) mass is 215 g/mol. The molecule has 15 heavy (non-hydrogen) atoms. The maximum atomic E-state index is 8.37. The van der Waals surface area contributed by atoms with E-state index < -0.39 is 0 Å². The van der Waals surface area contributed by atoms with Gasteiger partial charge in [0.05, 0.1) is 0 Å². The smallest absolute Gasteiger partial charge is 0.139 e. The summed E-state index contributed by atoms with van der Waals surface area (Å²) in [6, 6.07) is 0.605. The Morgan fingerprint density at radius 2 is 2.00 bits per heavy atom. The summed E-state index contributed by atoms with van der Waals surface area (Å²) in [5.41, 5.74) is 5.39. The fourth-order valence-electron chi connectivity index (χ4n) is 1.59. The quantitative estimate of drug-likeness (QED) is 0.214. The van der Waals surface area contributed by atoms with Crippen molar-refractivity contribution in [2.45, 2.75) is 52.5 Å². The Morgan fingerprint density at radius 1 is 1.33 bits per heavy atom. The maximum Gasteiger partial charge on any atom is 0.139 e. The van der Waals surface area contributed by atoms with Gasteiger partial charge in [0, 0.05) is 12.5 Å². The van der Waals surface area contributed by atoms with Crippen molar-refractivity contribution < 1.29 is 5.21 Å². The zero-order chi connectivity index (χ0) is 11.7. The van der Waals surface area contributed by atoms with Gasteiger partial charge in [-0.25, -0.2) is 0 Å². The molecule has 0 heterocycles. The Morgan fingerprint density at radius 3 is 2.47 bits per heavy atom. The number of hydrogen-bond donors (Lipinski definition) is 2. The zero-order valence-corrected chi connectivity index (χ0v) is 10.2. The van der Waals surface area contributed by atoms with Crippen molar-refractivity contribution in [1.29, 1.82) is 0 Å². The number of nitrogens with two attached hydrogens (primary N) is 1. The average Bonchev–Trinajstić information content (AvgIpc) is 2.21. The Bertz CT molecular complexity index is 181. The van der Waals surface area contributed by atoms with Crippen molar-refractivity contribution in [1.82, 2.24) is 4.90 Å². The first-order valence-electron chi connectivity index (χ1n) is 5.82. The molecule has 0 atom stereocenters.